The van der Waals surface area contributed by atoms with E-state index in [2.05, 4.69) is 4.99 Å². The SMILES string of the molecule is CN=C(N)c1cc(C)c(O)c(C)c1. The Bertz CT molecular complexity index is 333. The molecule has 3 N–H and O–H groups in total. The van der Waals surface area contributed by atoms with E-state index in [-0.39, 0.29) is 0 Å². The third-order valence-electron chi connectivity index (χ3n) is 2.03. The number of amidine groups is 1. The van der Waals surface area contributed by atoms with Gasteiger partial charge in [0, 0.05) is 12.6 Å². The van der Waals surface area contributed by atoms with Crippen molar-refractivity contribution in [3.05, 3.63) is 28.8 Å². The van der Waals surface area contributed by atoms with E-state index in [1.807, 2.05) is 26.0 Å². The molecule has 0 radical (unpaired) electrons. The van der Waals surface area contributed by atoms with Crippen LogP contribution in [0.2, 0.25) is 0 Å². The number of phenols is 1. The van der Waals surface area contributed by atoms with Gasteiger partial charge in [-0.25, -0.2) is 0 Å². The topological polar surface area (TPSA) is 58.6 Å². The van der Waals surface area contributed by atoms with Crippen molar-refractivity contribution in [1.29, 1.82) is 0 Å². The van der Waals surface area contributed by atoms with Gasteiger partial charge in [-0.05, 0) is 37.1 Å². The maximum Gasteiger partial charge on any atom is 0.125 e. The van der Waals surface area contributed by atoms with Gasteiger partial charge in [-0.3, -0.25) is 4.99 Å². The quantitative estimate of drug-likeness (QED) is 0.503. The second-order valence-corrected chi connectivity index (χ2v) is 3.07. The van der Waals surface area contributed by atoms with E-state index in [0.717, 1.165) is 16.7 Å². The molecule has 0 fully saturated rings. The first kappa shape index (κ1) is 9.58. The molecule has 0 amide bonds. The fraction of sp³-hybridized carbons (Fsp3) is 0.300. The predicted octanol–water partition coefficient (Wildman–Crippen LogP) is 1.34. The van der Waals surface area contributed by atoms with Gasteiger partial charge in [0.05, 0.1) is 0 Å². The largest absolute Gasteiger partial charge is 0.507 e. The van der Waals surface area contributed by atoms with Crippen LogP contribution in [0.3, 0.4) is 0 Å². The molecule has 0 heterocycles. The Morgan fingerprint density at radius 1 is 1.31 bits per heavy atom. The Morgan fingerprint density at radius 2 is 1.77 bits per heavy atom. The van der Waals surface area contributed by atoms with E-state index < -0.39 is 0 Å². The molecule has 1 aromatic rings. The first-order chi connectivity index (χ1) is 6.06. The number of nitrogens with zero attached hydrogens (tertiary/aromatic N) is 1. The summed E-state index contributed by atoms with van der Waals surface area (Å²) in [6.07, 6.45) is 0. The molecule has 3 nitrogen and oxygen atoms in total. The fourth-order valence-electron chi connectivity index (χ4n) is 1.23. The van der Waals surface area contributed by atoms with Crippen LogP contribution in [-0.2, 0) is 0 Å². The maximum absolute atomic E-state index is 9.50. The molecule has 0 unspecified atom stereocenters. The summed E-state index contributed by atoms with van der Waals surface area (Å²) in [5, 5.41) is 9.50. The number of hydrogen-bond acceptors (Lipinski definition) is 2. The van der Waals surface area contributed by atoms with Crippen LogP contribution in [0.5, 0.6) is 5.75 Å². The fourth-order valence-corrected chi connectivity index (χ4v) is 1.23. The molecule has 0 bridgehead atoms. The number of phenolic OH excluding ortho intramolecular Hbond substituents is 1. The lowest BCUT2D eigenvalue weighted by atomic mass is 10.1. The maximum atomic E-state index is 9.50. The number of rotatable bonds is 1. The van der Waals surface area contributed by atoms with Gasteiger partial charge in [0.1, 0.15) is 11.6 Å². The molecular weight excluding hydrogens is 164 g/mol. The van der Waals surface area contributed by atoms with E-state index in [1.165, 1.54) is 0 Å². The van der Waals surface area contributed by atoms with Crippen LogP contribution >= 0.6 is 0 Å². The summed E-state index contributed by atoms with van der Waals surface area (Å²) in [7, 11) is 1.65. The van der Waals surface area contributed by atoms with Crippen molar-refractivity contribution in [2.45, 2.75) is 13.8 Å². The van der Waals surface area contributed by atoms with Gasteiger partial charge < -0.3 is 10.8 Å². The molecule has 0 aromatic heterocycles. The van der Waals surface area contributed by atoms with Gasteiger partial charge in [-0.2, -0.15) is 0 Å². The number of hydrogen-bond donors (Lipinski definition) is 2. The van der Waals surface area contributed by atoms with Crippen molar-refractivity contribution in [2.75, 3.05) is 7.05 Å². The highest BCUT2D eigenvalue weighted by atomic mass is 16.3. The van der Waals surface area contributed by atoms with Gasteiger partial charge in [0.15, 0.2) is 0 Å². The first-order valence-electron chi connectivity index (χ1n) is 4.09. The third kappa shape index (κ3) is 1.80. The van der Waals surface area contributed by atoms with Gasteiger partial charge in [-0.1, -0.05) is 0 Å². The van der Waals surface area contributed by atoms with Crippen LogP contribution in [0.4, 0.5) is 0 Å². The van der Waals surface area contributed by atoms with E-state index in [0.29, 0.717) is 11.6 Å². The van der Waals surface area contributed by atoms with Crippen LogP contribution in [0.1, 0.15) is 16.7 Å². The molecule has 13 heavy (non-hydrogen) atoms. The Balaban J connectivity index is 3.29. The molecule has 0 atom stereocenters. The van der Waals surface area contributed by atoms with Crippen LogP contribution < -0.4 is 5.73 Å². The standard InChI is InChI=1S/C10H14N2O/c1-6-4-8(10(11)12-3)5-7(2)9(6)13/h4-5,13H,1-3H3,(H2,11,12). The minimum atomic E-state index is 0.327. The molecule has 0 saturated heterocycles. The molecule has 70 valence electrons. The summed E-state index contributed by atoms with van der Waals surface area (Å²) < 4.78 is 0. The van der Waals surface area contributed by atoms with E-state index in [4.69, 9.17) is 5.73 Å². The second kappa shape index (κ2) is 3.47. The van der Waals surface area contributed by atoms with Crippen LogP contribution in [0, 0.1) is 13.8 Å². The van der Waals surface area contributed by atoms with Crippen molar-refractivity contribution in [3.8, 4) is 5.75 Å². The Hall–Kier alpha value is -1.51. The highest BCUT2D eigenvalue weighted by Gasteiger charge is 2.04. The van der Waals surface area contributed by atoms with Crippen LogP contribution in [0.15, 0.2) is 17.1 Å². The van der Waals surface area contributed by atoms with E-state index in [9.17, 15) is 5.11 Å². The lowest BCUT2D eigenvalue weighted by Crippen LogP contribution is -2.13. The zero-order valence-corrected chi connectivity index (χ0v) is 8.13. The Morgan fingerprint density at radius 3 is 2.15 bits per heavy atom. The lowest BCUT2D eigenvalue weighted by molar-refractivity contribution is 0.467. The van der Waals surface area contributed by atoms with Crippen molar-refractivity contribution >= 4 is 5.84 Å². The molecule has 0 spiro atoms. The van der Waals surface area contributed by atoms with Gasteiger partial charge >= 0.3 is 0 Å². The second-order valence-electron chi connectivity index (χ2n) is 3.07. The third-order valence-corrected chi connectivity index (χ3v) is 2.03. The molecule has 0 aliphatic carbocycles. The van der Waals surface area contributed by atoms with Crippen molar-refractivity contribution in [2.24, 2.45) is 10.7 Å². The average Bonchev–Trinajstić information content (AvgIpc) is 2.12. The van der Waals surface area contributed by atoms with Crippen molar-refractivity contribution < 1.29 is 5.11 Å². The number of aryl methyl sites for hydroxylation is 2. The normalized spacial score (nSPS) is 11.8. The summed E-state index contributed by atoms with van der Waals surface area (Å²) in [6, 6.07) is 3.65. The molecular formula is C10H14N2O. The van der Waals surface area contributed by atoms with Gasteiger partial charge in [0.2, 0.25) is 0 Å². The predicted molar refractivity (Wildman–Crippen MR) is 54.2 cm³/mol. The molecule has 0 saturated carbocycles. The highest BCUT2D eigenvalue weighted by molar-refractivity contribution is 5.97. The number of aromatic hydroxyl groups is 1. The zero-order valence-electron chi connectivity index (χ0n) is 8.13. The molecule has 1 rings (SSSR count). The summed E-state index contributed by atoms with van der Waals surface area (Å²) in [4.78, 5) is 3.88. The van der Waals surface area contributed by atoms with Crippen LogP contribution in [-0.4, -0.2) is 18.0 Å². The Kier molecular flexibility index (Phi) is 2.56. The minimum Gasteiger partial charge on any atom is -0.507 e. The average molecular weight is 178 g/mol. The summed E-state index contributed by atoms with van der Waals surface area (Å²) >= 11 is 0. The zero-order chi connectivity index (χ0) is 10.0. The van der Waals surface area contributed by atoms with E-state index >= 15 is 0 Å². The van der Waals surface area contributed by atoms with Gasteiger partial charge in [-0.15, -0.1) is 0 Å². The number of aliphatic imine (C=N–C) groups is 1. The van der Waals surface area contributed by atoms with Crippen molar-refractivity contribution in [3.63, 3.8) is 0 Å². The van der Waals surface area contributed by atoms with Crippen LogP contribution in [0.25, 0.3) is 0 Å². The summed E-state index contributed by atoms with van der Waals surface area (Å²) in [5.74, 6) is 0.818. The van der Waals surface area contributed by atoms with Gasteiger partial charge in [0.25, 0.3) is 0 Å². The first-order valence-corrected chi connectivity index (χ1v) is 4.09. The minimum absolute atomic E-state index is 0.327. The monoisotopic (exact) mass is 178 g/mol. The smallest absolute Gasteiger partial charge is 0.125 e. The molecule has 1 aromatic carbocycles. The highest BCUT2D eigenvalue weighted by Crippen LogP contribution is 2.22. The molecule has 0 aliphatic heterocycles. The number of nitrogens with two attached hydrogens (primary N) is 1. The Labute approximate surface area is 77.9 Å². The lowest BCUT2D eigenvalue weighted by Gasteiger charge is -2.06. The molecule has 3 heteroatoms. The number of benzene rings is 1. The summed E-state index contributed by atoms with van der Waals surface area (Å²) in [6.45, 7) is 3.68. The van der Waals surface area contributed by atoms with E-state index in [1.54, 1.807) is 7.05 Å². The summed E-state index contributed by atoms with van der Waals surface area (Å²) in [5.41, 5.74) is 8.15. The molecule has 0 aliphatic rings. The van der Waals surface area contributed by atoms with Crippen molar-refractivity contribution in [1.82, 2.24) is 0 Å².